The van der Waals surface area contributed by atoms with Crippen molar-refractivity contribution in [1.82, 2.24) is 15.0 Å². The molecule has 0 fully saturated rings. The molecule has 0 aliphatic heterocycles. The topological polar surface area (TPSA) is 98.3 Å². The molecule has 2 N–H and O–H groups in total. The third-order valence-electron chi connectivity index (χ3n) is 2.21. The Morgan fingerprint density at radius 1 is 1.14 bits per heavy atom. The second kappa shape index (κ2) is 8.93. The van der Waals surface area contributed by atoms with Crippen molar-refractivity contribution in [3.8, 4) is 6.01 Å². The van der Waals surface area contributed by atoms with Crippen molar-refractivity contribution in [3.05, 3.63) is 0 Å². The Hall–Kier alpha value is -2.12. The van der Waals surface area contributed by atoms with Gasteiger partial charge >= 0.3 is 12.0 Å². The van der Waals surface area contributed by atoms with Crippen LogP contribution in [0.25, 0.3) is 0 Å². The van der Waals surface area contributed by atoms with Crippen LogP contribution in [0, 0.1) is 0 Å². The van der Waals surface area contributed by atoms with Crippen molar-refractivity contribution in [2.45, 2.75) is 40.2 Å². The zero-order valence-electron chi connectivity index (χ0n) is 13.0. The van der Waals surface area contributed by atoms with Crippen LogP contribution >= 0.6 is 0 Å². The van der Waals surface area contributed by atoms with Crippen LogP contribution in [0.4, 0.5) is 11.9 Å². The van der Waals surface area contributed by atoms with Gasteiger partial charge in [-0.15, -0.1) is 0 Å². The molecular weight excluding hydrogens is 274 g/mol. The van der Waals surface area contributed by atoms with Crippen molar-refractivity contribution in [2.75, 3.05) is 30.3 Å². The first-order valence-corrected chi connectivity index (χ1v) is 7.11. The maximum absolute atomic E-state index is 11.3. The molecule has 21 heavy (non-hydrogen) atoms. The summed E-state index contributed by atoms with van der Waals surface area (Å²) in [7, 11) is 0. The number of carbonyl (C=O) groups is 1. The molecular formula is C13H23N5O3. The van der Waals surface area contributed by atoms with Crippen LogP contribution in [-0.2, 0) is 9.53 Å². The van der Waals surface area contributed by atoms with Gasteiger partial charge in [-0.1, -0.05) is 0 Å². The summed E-state index contributed by atoms with van der Waals surface area (Å²) in [5, 5.41) is 5.97. The summed E-state index contributed by atoms with van der Waals surface area (Å²) in [6, 6.07) is 0.245. The molecule has 1 aromatic heterocycles. The highest BCUT2D eigenvalue weighted by molar-refractivity contribution is 5.69. The Bertz CT molecular complexity index is 453. The highest BCUT2D eigenvalue weighted by Crippen LogP contribution is 2.12. The number of carbonyl (C=O) groups excluding carboxylic acids is 1. The molecule has 118 valence electrons. The van der Waals surface area contributed by atoms with Gasteiger partial charge in [0.15, 0.2) is 0 Å². The van der Waals surface area contributed by atoms with E-state index in [1.165, 1.54) is 0 Å². The average molecular weight is 297 g/mol. The van der Waals surface area contributed by atoms with Gasteiger partial charge in [-0.3, -0.25) is 4.79 Å². The largest absolute Gasteiger partial charge is 0.466 e. The smallest absolute Gasteiger partial charge is 0.323 e. The number of aromatic nitrogens is 3. The Balaban J connectivity index is 2.66. The molecule has 0 aliphatic carbocycles. The first kappa shape index (κ1) is 16.9. The van der Waals surface area contributed by atoms with E-state index in [0.717, 1.165) is 0 Å². The van der Waals surface area contributed by atoms with E-state index in [9.17, 15) is 4.79 Å². The number of anilines is 2. The molecule has 0 radical (unpaired) electrons. The normalized spacial score (nSPS) is 10.3. The van der Waals surface area contributed by atoms with Gasteiger partial charge in [0.25, 0.3) is 0 Å². The molecule has 1 heterocycles. The average Bonchev–Trinajstić information content (AvgIpc) is 2.38. The van der Waals surface area contributed by atoms with E-state index in [1.54, 1.807) is 6.92 Å². The molecule has 0 unspecified atom stereocenters. The van der Waals surface area contributed by atoms with Gasteiger partial charge < -0.3 is 20.1 Å². The number of ether oxygens (including phenoxy) is 2. The molecule has 8 nitrogen and oxygen atoms in total. The van der Waals surface area contributed by atoms with E-state index in [-0.39, 0.29) is 24.5 Å². The molecule has 0 aromatic carbocycles. The summed E-state index contributed by atoms with van der Waals surface area (Å²) < 4.78 is 10.3. The zero-order valence-corrected chi connectivity index (χ0v) is 13.0. The number of nitrogens with zero attached hydrogens (tertiary/aromatic N) is 3. The van der Waals surface area contributed by atoms with E-state index in [4.69, 9.17) is 9.47 Å². The van der Waals surface area contributed by atoms with E-state index in [0.29, 0.717) is 31.6 Å². The highest BCUT2D eigenvalue weighted by atomic mass is 16.5. The van der Waals surface area contributed by atoms with Crippen molar-refractivity contribution >= 4 is 17.9 Å². The highest BCUT2D eigenvalue weighted by Gasteiger charge is 2.09. The molecule has 0 amide bonds. The van der Waals surface area contributed by atoms with Crippen molar-refractivity contribution in [1.29, 1.82) is 0 Å². The summed E-state index contributed by atoms with van der Waals surface area (Å²) in [5.41, 5.74) is 0. The molecule has 8 heteroatoms. The van der Waals surface area contributed by atoms with Gasteiger partial charge in [0.1, 0.15) is 0 Å². The van der Waals surface area contributed by atoms with Crippen molar-refractivity contribution in [2.24, 2.45) is 0 Å². The van der Waals surface area contributed by atoms with Gasteiger partial charge in [0, 0.05) is 13.1 Å². The molecule has 0 saturated carbocycles. The molecule has 0 atom stereocenters. The van der Waals surface area contributed by atoms with Crippen LogP contribution in [0.2, 0.25) is 0 Å². The minimum absolute atomic E-state index is 0.0331. The molecule has 0 aliphatic rings. The number of nitrogens with one attached hydrogen (secondary N) is 2. The van der Waals surface area contributed by atoms with Crippen LogP contribution in [0.3, 0.4) is 0 Å². The third kappa shape index (κ3) is 6.73. The number of hydrogen-bond acceptors (Lipinski definition) is 8. The predicted octanol–water partition coefficient (Wildman–Crippen LogP) is 1.46. The Morgan fingerprint density at radius 2 is 1.81 bits per heavy atom. The Labute approximate surface area is 124 Å². The van der Waals surface area contributed by atoms with Crippen molar-refractivity contribution in [3.63, 3.8) is 0 Å². The lowest BCUT2D eigenvalue weighted by molar-refractivity contribution is -0.142. The zero-order chi connectivity index (χ0) is 15.7. The maximum atomic E-state index is 11.3. The first-order chi connectivity index (χ1) is 10.0. The lowest BCUT2D eigenvalue weighted by Crippen LogP contribution is -2.16. The fourth-order valence-corrected chi connectivity index (χ4v) is 1.45. The summed E-state index contributed by atoms with van der Waals surface area (Å²) in [4.78, 5) is 23.8. The van der Waals surface area contributed by atoms with Gasteiger partial charge in [0.05, 0.1) is 19.1 Å². The van der Waals surface area contributed by atoms with Gasteiger partial charge in [-0.05, 0) is 27.7 Å². The number of esters is 1. The lowest BCUT2D eigenvalue weighted by Gasteiger charge is -2.11. The van der Waals surface area contributed by atoms with Crippen LogP contribution in [0.1, 0.15) is 34.1 Å². The van der Waals surface area contributed by atoms with Crippen molar-refractivity contribution < 1.29 is 14.3 Å². The number of rotatable bonds is 9. The lowest BCUT2D eigenvalue weighted by atomic mass is 10.4. The van der Waals surface area contributed by atoms with Gasteiger partial charge in [-0.25, -0.2) is 0 Å². The first-order valence-electron chi connectivity index (χ1n) is 7.11. The molecule has 0 bridgehead atoms. The number of hydrogen-bond donors (Lipinski definition) is 2. The van der Waals surface area contributed by atoms with Crippen LogP contribution in [0.15, 0.2) is 0 Å². The van der Waals surface area contributed by atoms with Crippen LogP contribution in [-0.4, -0.2) is 46.7 Å². The summed E-state index contributed by atoms with van der Waals surface area (Å²) in [6.45, 7) is 8.95. The van der Waals surface area contributed by atoms with Gasteiger partial charge in [-0.2, -0.15) is 15.0 Å². The molecule has 1 rings (SSSR count). The van der Waals surface area contributed by atoms with E-state index in [1.807, 2.05) is 20.8 Å². The summed E-state index contributed by atoms with van der Waals surface area (Å²) in [5.74, 6) is 0.535. The molecule has 0 spiro atoms. The maximum Gasteiger partial charge on any atom is 0.323 e. The predicted molar refractivity (Wildman–Crippen MR) is 79.5 cm³/mol. The third-order valence-corrected chi connectivity index (χ3v) is 2.21. The SMILES string of the molecule is CCNc1nc(NCCC(=O)OCC)nc(OC(C)C)n1. The molecule has 1 aromatic rings. The summed E-state index contributed by atoms with van der Waals surface area (Å²) >= 11 is 0. The van der Waals surface area contributed by atoms with Gasteiger partial charge in [0.2, 0.25) is 11.9 Å². The monoisotopic (exact) mass is 297 g/mol. The van der Waals surface area contributed by atoms with Crippen LogP contribution in [0.5, 0.6) is 6.01 Å². The minimum Gasteiger partial charge on any atom is -0.466 e. The fraction of sp³-hybridized carbons (Fsp3) is 0.692. The van der Waals surface area contributed by atoms with E-state index < -0.39 is 0 Å². The quantitative estimate of drug-likeness (QED) is 0.661. The van der Waals surface area contributed by atoms with E-state index in [2.05, 4.69) is 25.6 Å². The van der Waals surface area contributed by atoms with Crippen LogP contribution < -0.4 is 15.4 Å². The second-order valence-electron chi connectivity index (χ2n) is 4.44. The fourth-order valence-electron chi connectivity index (χ4n) is 1.45. The summed E-state index contributed by atoms with van der Waals surface area (Å²) in [6.07, 6.45) is 0.213. The standard InChI is InChI=1S/C13H23N5O3/c1-5-14-11-16-12(15-8-7-10(19)20-6-2)18-13(17-11)21-9(3)4/h9H,5-8H2,1-4H3,(H2,14,15,16,17,18). The second-order valence-corrected chi connectivity index (χ2v) is 4.44. The molecule has 0 saturated heterocycles. The van der Waals surface area contributed by atoms with E-state index >= 15 is 0 Å². The minimum atomic E-state index is -0.260. The Morgan fingerprint density at radius 3 is 2.38 bits per heavy atom. The Kier molecular flexibility index (Phi) is 7.20.